The minimum absolute atomic E-state index is 0.0205. The first-order chi connectivity index (χ1) is 14.0. The molecule has 152 valence electrons. The third-order valence-electron chi connectivity index (χ3n) is 5.74. The van der Waals surface area contributed by atoms with E-state index in [1.807, 2.05) is 24.3 Å². The molecule has 3 amide bonds. The Kier molecular flexibility index (Phi) is 5.13. The Morgan fingerprint density at radius 3 is 2.45 bits per heavy atom. The first-order valence-corrected chi connectivity index (χ1v) is 9.93. The number of carbonyl (C=O) groups is 3. The van der Waals surface area contributed by atoms with E-state index in [2.05, 4.69) is 5.32 Å². The Bertz CT molecular complexity index is 965. The van der Waals surface area contributed by atoms with Crippen molar-refractivity contribution in [2.45, 2.75) is 44.1 Å². The van der Waals surface area contributed by atoms with Gasteiger partial charge in [0.25, 0.3) is 5.91 Å². The molecule has 1 saturated heterocycles. The molecule has 0 aromatic heterocycles. The largest absolute Gasteiger partial charge is 0.497 e. The maximum atomic E-state index is 12.7. The number of esters is 1. The van der Waals surface area contributed by atoms with Gasteiger partial charge >= 0.3 is 12.0 Å². The number of hydrogen-bond acceptors (Lipinski definition) is 5. The highest BCUT2D eigenvalue weighted by atomic mass is 16.5. The van der Waals surface area contributed by atoms with Gasteiger partial charge in [0.1, 0.15) is 17.0 Å². The Morgan fingerprint density at radius 1 is 1.03 bits per heavy atom. The van der Waals surface area contributed by atoms with Gasteiger partial charge in [-0.3, -0.25) is 14.5 Å². The van der Waals surface area contributed by atoms with Crippen molar-refractivity contribution in [1.29, 1.82) is 0 Å². The number of nitrogens with one attached hydrogen (secondary N) is 1. The maximum absolute atomic E-state index is 12.7. The number of imide groups is 1. The summed E-state index contributed by atoms with van der Waals surface area (Å²) in [6.07, 6.45) is 4.21. The van der Waals surface area contributed by atoms with Gasteiger partial charge in [-0.2, -0.15) is 0 Å². The lowest BCUT2D eigenvalue weighted by atomic mass is 9.82. The number of fused-ring (bicyclic) bond motifs is 1. The van der Waals surface area contributed by atoms with Gasteiger partial charge in [-0.05, 0) is 47.9 Å². The van der Waals surface area contributed by atoms with Crippen molar-refractivity contribution in [2.24, 2.45) is 0 Å². The van der Waals surface area contributed by atoms with Crippen molar-refractivity contribution in [1.82, 2.24) is 10.2 Å². The van der Waals surface area contributed by atoms with Gasteiger partial charge in [-0.1, -0.05) is 31.4 Å². The van der Waals surface area contributed by atoms with Crippen molar-refractivity contribution in [3.63, 3.8) is 0 Å². The molecule has 2 fully saturated rings. The molecular weight excluding hydrogens is 372 g/mol. The van der Waals surface area contributed by atoms with Crippen molar-refractivity contribution in [3.8, 4) is 11.5 Å². The molecule has 2 aliphatic rings. The SMILES string of the molecule is COc1ccc2ccc(OC(=O)CCN3C(=O)NC4(CCCCC4)C3=O)cc2c1. The van der Waals surface area contributed by atoms with Gasteiger partial charge in [0.05, 0.1) is 13.5 Å². The van der Waals surface area contributed by atoms with E-state index in [4.69, 9.17) is 9.47 Å². The number of benzene rings is 2. The highest BCUT2D eigenvalue weighted by Crippen LogP contribution is 2.33. The molecule has 0 bridgehead atoms. The molecular formula is C22H24N2O5. The smallest absolute Gasteiger partial charge is 0.325 e. The second-order valence-electron chi connectivity index (χ2n) is 7.63. The number of amides is 3. The van der Waals surface area contributed by atoms with Crippen LogP contribution in [-0.2, 0) is 9.59 Å². The van der Waals surface area contributed by atoms with Gasteiger partial charge < -0.3 is 14.8 Å². The zero-order chi connectivity index (χ0) is 20.4. The minimum atomic E-state index is -0.767. The molecule has 1 aliphatic heterocycles. The highest BCUT2D eigenvalue weighted by Gasteiger charge is 2.51. The molecule has 1 saturated carbocycles. The zero-order valence-electron chi connectivity index (χ0n) is 16.4. The van der Waals surface area contributed by atoms with Gasteiger partial charge in [-0.25, -0.2) is 4.79 Å². The van der Waals surface area contributed by atoms with Crippen LogP contribution in [0.4, 0.5) is 4.79 Å². The quantitative estimate of drug-likeness (QED) is 0.476. The molecule has 0 atom stereocenters. The molecule has 1 heterocycles. The van der Waals surface area contributed by atoms with E-state index in [0.717, 1.165) is 40.7 Å². The molecule has 0 unspecified atom stereocenters. The van der Waals surface area contributed by atoms with Crippen LogP contribution >= 0.6 is 0 Å². The Hall–Kier alpha value is -3.09. The Morgan fingerprint density at radius 2 is 1.72 bits per heavy atom. The molecule has 4 rings (SSSR count). The van der Waals surface area contributed by atoms with Crippen LogP contribution in [0, 0.1) is 0 Å². The normalized spacial score (nSPS) is 18.2. The fourth-order valence-electron chi connectivity index (χ4n) is 4.15. The van der Waals surface area contributed by atoms with Gasteiger partial charge in [0, 0.05) is 6.54 Å². The predicted molar refractivity (Wildman–Crippen MR) is 107 cm³/mol. The number of nitrogens with zero attached hydrogens (tertiary/aromatic N) is 1. The van der Waals surface area contributed by atoms with E-state index in [1.165, 1.54) is 0 Å². The molecule has 2 aromatic carbocycles. The number of rotatable bonds is 5. The Labute approximate surface area is 169 Å². The van der Waals surface area contributed by atoms with Crippen LogP contribution in [-0.4, -0.2) is 42.0 Å². The molecule has 1 N–H and O–H groups in total. The first-order valence-electron chi connectivity index (χ1n) is 9.93. The van der Waals surface area contributed by atoms with E-state index in [-0.39, 0.29) is 18.9 Å². The average molecular weight is 396 g/mol. The second-order valence-corrected chi connectivity index (χ2v) is 7.63. The summed E-state index contributed by atoms with van der Waals surface area (Å²) in [5.41, 5.74) is -0.767. The van der Waals surface area contributed by atoms with E-state index in [0.29, 0.717) is 18.6 Å². The van der Waals surface area contributed by atoms with Crippen LogP contribution in [0.3, 0.4) is 0 Å². The lowest BCUT2D eigenvalue weighted by Gasteiger charge is -2.30. The summed E-state index contributed by atoms with van der Waals surface area (Å²) in [7, 11) is 1.60. The third kappa shape index (κ3) is 3.77. The van der Waals surface area contributed by atoms with Gasteiger partial charge in [0.2, 0.25) is 0 Å². The highest BCUT2D eigenvalue weighted by molar-refractivity contribution is 6.07. The van der Waals surface area contributed by atoms with E-state index in [1.54, 1.807) is 19.2 Å². The number of carbonyl (C=O) groups excluding carboxylic acids is 3. The molecule has 29 heavy (non-hydrogen) atoms. The topological polar surface area (TPSA) is 84.9 Å². The fourth-order valence-corrected chi connectivity index (χ4v) is 4.15. The monoisotopic (exact) mass is 396 g/mol. The van der Waals surface area contributed by atoms with E-state index >= 15 is 0 Å². The average Bonchev–Trinajstić information content (AvgIpc) is 2.95. The Balaban J connectivity index is 1.38. The summed E-state index contributed by atoms with van der Waals surface area (Å²) in [6, 6.07) is 10.6. The molecule has 0 radical (unpaired) electrons. The number of ether oxygens (including phenoxy) is 2. The lowest BCUT2D eigenvalue weighted by Crippen LogP contribution is -2.48. The molecule has 7 heteroatoms. The van der Waals surface area contributed by atoms with E-state index < -0.39 is 17.5 Å². The van der Waals surface area contributed by atoms with Crippen LogP contribution in [0.5, 0.6) is 11.5 Å². The first kappa shape index (κ1) is 19.2. The van der Waals surface area contributed by atoms with Crippen LogP contribution in [0.2, 0.25) is 0 Å². The fraction of sp³-hybridized carbons (Fsp3) is 0.409. The van der Waals surface area contributed by atoms with Crippen LogP contribution in [0.15, 0.2) is 36.4 Å². The third-order valence-corrected chi connectivity index (χ3v) is 5.74. The van der Waals surface area contributed by atoms with Crippen LogP contribution < -0.4 is 14.8 Å². The summed E-state index contributed by atoms with van der Waals surface area (Å²) < 4.78 is 10.6. The van der Waals surface area contributed by atoms with Crippen molar-refractivity contribution in [2.75, 3.05) is 13.7 Å². The van der Waals surface area contributed by atoms with Gasteiger partial charge in [-0.15, -0.1) is 0 Å². The summed E-state index contributed by atoms with van der Waals surface area (Å²) in [6.45, 7) is 0.0205. The summed E-state index contributed by atoms with van der Waals surface area (Å²) in [5, 5.41) is 4.74. The maximum Gasteiger partial charge on any atom is 0.325 e. The van der Waals surface area contributed by atoms with E-state index in [9.17, 15) is 14.4 Å². The molecule has 1 spiro atoms. The zero-order valence-corrected chi connectivity index (χ0v) is 16.4. The molecule has 7 nitrogen and oxygen atoms in total. The van der Waals surface area contributed by atoms with Crippen LogP contribution in [0.1, 0.15) is 38.5 Å². The number of methoxy groups -OCH3 is 1. The summed E-state index contributed by atoms with van der Waals surface area (Å²) in [5.74, 6) is 0.429. The predicted octanol–water partition coefficient (Wildman–Crippen LogP) is 3.40. The molecule has 2 aromatic rings. The summed E-state index contributed by atoms with van der Waals surface area (Å²) in [4.78, 5) is 38.5. The summed E-state index contributed by atoms with van der Waals surface area (Å²) >= 11 is 0. The second kappa shape index (κ2) is 7.73. The molecule has 1 aliphatic carbocycles. The lowest BCUT2D eigenvalue weighted by molar-refractivity contribution is -0.136. The van der Waals surface area contributed by atoms with Gasteiger partial charge in [0.15, 0.2) is 0 Å². The van der Waals surface area contributed by atoms with Crippen molar-refractivity contribution in [3.05, 3.63) is 36.4 Å². The minimum Gasteiger partial charge on any atom is -0.497 e. The van der Waals surface area contributed by atoms with Crippen LogP contribution in [0.25, 0.3) is 10.8 Å². The number of hydrogen-bond donors (Lipinski definition) is 1. The number of urea groups is 1. The van der Waals surface area contributed by atoms with Crippen molar-refractivity contribution < 1.29 is 23.9 Å². The standard InChI is InChI=1S/C22H24N2O5/c1-28-17-7-5-15-6-8-18(14-16(15)13-17)29-19(25)9-12-24-20(26)22(23-21(24)27)10-3-2-4-11-22/h5-8,13-14H,2-4,9-12H2,1H3,(H,23,27). The van der Waals surface area contributed by atoms with Crippen molar-refractivity contribution >= 4 is 28.7 Å².